The van der Waals surface area contributed by atoms with Crippen LogP contribution in [0.1, 0.15) is 46.6 Å². The molecule has 0 saturated heterocycles. The minimum Gasteiger partial charge on any atom is -0.486 e. The van der Waals surface area contributed by atoms with E-state index in [1.807, 2.05) is 17.1 Å². The molecule has 0 radical (unpaired) electrons. The fraction of sp³-hybridized carbons (Fsp3) is 0.786. The number of nitrogens with zero attached hydrogens (tertiary/aromatic N) is 2. The molecule has 1 aromatic rings. The molecule has 0 amide bonds. The fourth-order valence-electron chi connectivity index (χ4n) is 1.82. The van der Waals surface area contributed by atoms with Crippen molar-refractivity contribution in [2.24, 2.45) is 5.92 Å². The maximum atomic E-state index is 6.04. The molecule has 4 nitrogen and oxygen atoms in total. The van der Waals surface area contributed by atoms with Crippen LogP contribution in [0.5, 0.6) is 5.75 Å². The molecular weight excluding hydrogens is 226 g/mol. The number of hydrogen-bond donors (Lipinski definition) is 1. The van der Waals surface area contributed by atoms with Gasteiger partial charge in [-0.05, 0) is 32.6 Å². The minimum atomic E-state index is 0.218. The molecule has 102 valence electrons. The van der Waals surface area contributed by atoms with Gasteiger partial charge in [0.15, 0.2) is 5.75 Å². The highest BCUT2D eigenvalue weighted by Crippen LogP contribution is 2.20. The molecule has 1 aliphatic rings. The Balaban J connectivity index is 1.89. The van der Waals surface area contributed by atoms with Crippen molar-refractivity contribution in [2.75, 3.05) is 6.54 Å². The van der Waals surface area contributed by atoms with Gasteiger partial charge in [0.2, 0.25) is 0 Å². The van der Waals surface area contributed by atoms with Gasteiger partial charge in [-0.2, -0.15) is 5.10 Å². The molecule has 1 unspecified atom stereocenters. The van der Waals surface area contributed by atoms with Crippen molar-refractivity contribution in [1.82, 2.24) is 15.1 Å². The lowest BCUT2D eigenvalue weighted by atomic mass is 10.1. The second-order valence-corrected chi connectivity index (χ2v) is 5.83. The second kappa shape index (κ2) is 5.74. The Labute approximate surface area is 110 Å². The number of aromatic nitrogens is 2. The van der Waals surface area contributed by atoms with Crippen molar-refractivity contribution in [3.05, 3.63) is 12.4 Å². The van der Waals surface area contributed by atoms with Crippen molar-refractivity contribution >= 4 is 0 Å². The zero-order chi connectivity index (χ0) is 13.1. The van der Waals surface area contributed by atoms with E-state index < -0.39 is 0 Å². The van der Waals surface area contributed by atoms with Crippen molar-refractivity contribution in [2.45, 2.75) is 58.7 Å². The van der Waals surface area contributed by atoms with E-state index in [1.165, 1.54) is 12.8 Å². The van der Waals surface area contributed by atoms with Crippen LogP contribution in [0.3, 0.4) is 0 Å². The molecule has 1 aliphatic carbocycles. The van der Waals surface area contributed by atoms with Crippen LogP contribution in [0.15, 0.2) is 12.4 Å². The summed E-state index contributed by atoms with van der Waals surface area (Å²) in [6.45, 7) is 9.56. The molecule has 18 heavy (non-hydrogen) atoms. The molecule has 0 aliphatic heterocycles. The first-order chi connectivity index (χ1) is 8.56. The summed E-state index contributed by atoms with van der Waals surface area (Å²) < 4.78 is 7.97. The van der Waals surface area contributed by atoms with E-state index in [4.69, 9.17) is 4.74 Å². The van der Waals surface area contributed by atoms with Gasteiger partial charge in [-0.3, -0.25) is 4.68 Å². The lowest BCUT2D eigenvalue weighted by Crippen LogP contribution is -2.36. The average molecular weight is 251 g/mol. The highest BCUT2D eigenvalue weighted by molar-refractivity contribution is 5.13. The molecular formula is C14H25N3O. The van der Waals surface area contributed by atoms with E-state index in [-0.39, 0.29) is 6.10 Å². The Hall–Kier alpha value is -1.03. The minimum absolute atomic E-state index is 0.218. The van der Waals surface area contributed by atoms with Crippen LogP contribution in [-0.4, -0.2) is 28.5 Å². The van der Waals surface area contributed by atoms with Gasteiger partial charge in [-0.15, -0.1) is 0 Å². The number of rotatable bonds is 7. The standard InChI is InChI=1S/C14H25N3O/c1-10(2)14(8-15-12-5-6-12)18-13-7-16-17(9-13)11(3)4/h7,9-12,14-15H,5-6,8H2,1-4H3. The lowest BCUT2D eigenvalue weighted by molar-refractivity contribution is 0.148. The molecule has 0 bridgehead atoms. The predicted molar refractivity (Wildman–Crippen MR) is 72.9 cm³/mol. The smallest absolute Gasteiger partial charge is 0.157 e. The SMILES string of the molecule is CC(C)C(CNC1CC1)Oc1cnn(C(C)C)c1. The van der Waals surface area contributed by atoms with Crippen LogP contribution in [0.25, 0.3) is 0 Å². The highest BCUT2D eigenvalue weighted by atomic mass is 16.5. The summed E-state index contributed by atoms with van der Waals surface area (Å²) >= 11 is 0. The molecule has 1 fully saturated rings. The Kier molecular flexibility index (Phi) is 4.27. The van der Waals surface area contributed by atoms with Crippen LogP contribution >= 0.6 is 0 Å². The van der Waals surface area contributed by atoms with E-state index in [2.05, 4.69) is 38.1 Å². The maximum Gasteiger partial charge on any atom is 0.157 e. The fourth-order valence-corrected chi connectivity index (χ4v) is 1.82. The van der Waals surface area contributed by atoms with Crippen molar-refractivity contribution in [3.8, 4) is 5.75 Å². The summed E-state index contributed by atoms with van der Waals surface area (Å²) in [5.74, 6) is 1.37. The van der Waals surface area contributed by atoms with Gasteiger partial charge in [0.05, 0.1) is 12.4 Å². The van der Waals surface area contributed by atoms with Crippen molar-refractivity contribution in [1.29, 1.82) is 0 Å². The molecule has 0 aromatic carbocycles. The zero-order valence-electron chi connectivity index (χ0n) is 11.9. The summed E-state index contributed by atoms with van der Waals surface area (Å²) in [5, 5.41) is 7.84. The van der Waals surface area contributed by atoms with E-state index in [1.54, 1.807) is 0 Å². The van der Waals surface area contributed by atoms with Gasteiger partial charge < -0.3 is 10.1 Å². The first kappa shape index (κ1) is 13.4. The van der Waals surface area contributed by atoms with Crippen molar-refractivity contribution in [3.63, 3.8) is 0 Å². The van der Waals surface area contributed by atoms with Gasteiger partial charge >= 0.3 is 0 Å². The summed E-state index contributed by atoms with van der Waals surface area (Å²) in [5.41, 5.74) is 0. The van der Waals surface area contributed by atoms with Gasteiger partial charge in [0.1, 0.15) is 6.10 Å². The maximum absolute atomic E-state index is 6.04. The molecule has 1 heterocycles. The normalized spacial score (nSPS) is 17.4. The highest BCUT2D eigenvalue weighted by Gasteiger charge is 2.24. The Morgan fingerprint density at radius 1 is 1.39 bits per heavy atom. The third-order valence-corrected chi connectivity index (χ3v) is 3.32. The first-order valence-corrected chi connectivity index (χ1v) is 7.00. The van der Waals surface area contributed by atoms with Gasteiger partial charge in [-0.1, -0.05) is 13.8 Å². The molecule has 0 spiro atoms. The molecule has 1 N–H and O–H groups in total. The summed E-state index contributed by atoms with van der Waals surface area (Å²) in [4.78, 5) is 0. The summed E-state index contributed by atoms with van der Waals surface area (Å²) in [7, 11) is 0. The molecule has 1 aromatic heterocycles. The van der Waals surface area contributed by atoms with Gasteiger partial charge in [-0.25, -0.2) is 0 Å². The quantitative estimate of drug-likeness (QED) is 0.809. The third-order valence-electron chi connectivity index (χ3n) is 3.32. The molecule has 2 rings (SSSR count). The zero-order valence-corrected chi connectivity index (χ0v) is 11.9. The van der Waals surface area contributed by atoms with E-state index in [0.29, 0.717) is 12.0 Å². The van der Waals surface area contributed by atoms with Gasteiger partial charge in [0.25, 0.3) is 0 Å². The Morgan fingerprint density at radius 3 is 2.61 bits per heavy atom. The topological polar surface area (TPSA) is 39.1 Å². The van der Waals surface area contributed by atoms with Crippen molar-refractivity contribution < 1.29 is 4.74 Å². The van der Waals surface area contributed by atoms with E-state index in [0.717, 1.165) is 18.3 Å². The summed E-state index contributed by atoms with van der Waals surface area (Å²) in [6.07, 6.45) is 6.64. The molecule has 4 heteroatoms. The van der Waals surface area contributed by atoms with Crippen LogP contribution in [-0.2, 0) is 0 Å². The summed E-state index contributed by atoms with van der Waals surface area (Å²) in [6, 6.07) is 1.11. The van der Waals surface area contributed by atoms with Crippen LogP contribution < -0.4 is 10.1 Å². The largest absolute Gasteiger partial charge is 0.486 e. The van der Waals surface area contributed by atoms with Crippen LogP contribution in [0, 0.1) is 5.92 Å². The first-order valence-electron chi connectivity index (χ1n) is 7.00. The number of ether oxygens (including phenoxy) is 1. The average Bonchev–Trinajstić information content (AvgIpc) is 3.01. The second-order valence-electron chi connectivity index (χ2n) is 5.83. The number of nitrogens with one attached hydrogen (secondary N) is 1. The Bertz CT molecular complexity index is 369. The lowest BCUT2D eigenvalue weighted by Gasteiger charge is -2.22. The monoisotopic (exact) mass is 251 g/mol. The number of hydrogen-bond acceptors (Lipinski definition) is 3. The van der Waals surface area contributed by atoms with E-state index >= 15 is 0 Å². The Morgan fingerprint density at radius 2 is 2.11 bits per heavy atom. The third kappa shape index (κ3) is 3.73. The molecule has 1 saturated carbocycles. The predicted octanol–water partition coefficient (Wildman–Crippen LogP) is 2.62. The van der Waals surface area contributed by atoms with Crippen LogP contribution in [0.2, 0.25) is 0 Å². The molecule has 1 atom stereocenters. The van der Waals surface area contributed by atoms with Gasteiger partial charge in [0, 0.05) is 18.6 Å². The van der Waals surface area contributed by atoms with Crippen LogP contribution in [0.4, 0.5) is 0 Å². The van der Waals surface area contributed by atoms with E-state index in [9.17, 15) is 0 Å².